The Balaban J connectivity index is 1.26. The van der Waals surface area contributed by atoms with Crippen molar-refractivity contribution >= 4 is 60.6 Å². The molecule has 5 heteroatoms. The summed E-state index contributed by atoms with van der Waals surface area (Å²) < 4.78 is 13.1. The van der Waals surface area contributed by atoms with Crippen molar-refractivity contribution in [3.05, 3.63) is 146 Å². The molecule has 6 aromatic carbocycles. The van der Waals surface area contributed by atoms with Crippen LogP contribution in [0.15, 0.2) is 150 Å². The second kappa shape index (κ2) is 8.72. The first-order valence-corrected chi connectivity index (χ1v) is 14.8. The van der Waals surface area contributed by atoms with Gasteiger partial charge in [0.05, 0.1) is 27.6 Å². The van der Waals surface area contributed by atoms with Crippen molar-refractivity contribution in [1.82, 2.24) is 18.5 Å². The normalized spacial score (nSPS) is 12.1. The number of imidazole rings is 1. The molecule has 0 N–H and O–H groups in total. The van der Waals surface area contributed by atoms with Crippen LogP contribution in [0.3, 0.4) is 0 Å². The van der Waals surface area contributed by atoms with E-state index in [4.69, 9.17) is 9.40 Å². The van der Waals surface area contributed by atoms with E-state index in [-0.39, 0.29) is 0 Å². The van der Waals surface area contributed by atoms with Crippen molar-refractivity contribution in [3.63, 3.8) is 0 Å². The Morgan fingerprint density at radius 2 is 0.886 bits per heavy atom. The molecule has 0 radical (unpaired) electrons. The number of hydrogen-bond acceptors (Lipinski definition) is 2. The predicted octanol–water partition coefficient (Wildman–Crippen LogP) is 9.94. The molecule has 0 spiro atoms. The number of rotatable bonds is 3. The van der Waals surface area contributed by atoms with Gasteiger partial charge in [-0.05, 0) is 48.5 Å². The lowest BCUT2D eigenvalue weighted by Gasteiger charge is -2.11. The van der Waals surface area contributed by atoms with Gasteiger partial charge in [-0.3, -0.25) is 8.97 Å². The fraction of sp³-hybridized carbons (Fsp3) is 0. The molecule has 0 fully saturated rings. The van der Waals surface area contributed by atoms with Crippen LogP contribution in [0.4, 0.5) is 0 Å². The van der Waals surface area contributed by atoms with E-state index in [9.17, 15) is 0 Å². The molecule has 4 aromatic heterocycles. The van der Waals surface area contributed by atoms with Crippen LogP contribution in [0.2, 0.25) is 0 Å². The molecule has 0 aliphatic rings. The average Bonchev–Trinajstić information content (AvgIpc) is 3.81. The van der Waals surface area contributed by atoms with E-state index in [2.05, 4.69) is 141 Å². The lowest BCUT2D eigenvalue weighted by molar-refractivity contribution is 0.641. The Bertz CT molecular complexity index is 2610. The van der Waals surface area contributed by atoms with E-state index in [0.717, 1.165) is 44.9 Å². The van der Waals surface area contributed by atoms with Gasteiger partial charge in [0.2, 0.25) is 0 Å². The van der Waals surface area contributed by atoms with Crippen LogP contribution in [0.1, 0.15) is 0 Å². The van der Waals surface area contributed by atoms with E-state index < -0.39 is 0 Å². The maximum Gasteiger partial charge on any atom is 0.309 e. The Morgan fingerprint density at radius 1 is 0.432 bits per heavy atom. The lowest BCUT2D eigenvalue weighted by Crippen LogP contribution is -1.99. The van der Waals surface area contributed by atoms with E-state index in [1.807, 2.05) is 18.2 Å². The van der Waals surface area contributed by atoms with Crippen molar-refractivity contribution in [1.29, 1.82) is 0 Å². The molecule has 0 bridgehead atoms. The van der Waals surface area contributed by atoms with Gasteiger partial charge in [0.1, 0.15) is 5.69 Å². The van der Waals surface area contributed by atoms with Crippen LogP contribution in [-0.4, -0.2) is 18.5 Å². The zero-order valence-corrected chi connectivity index (χ0v) is 23.6. The highest BCUT2D eigenvalue weighted by Gasteiger charge is 2.24. The highest BCUT2D eigenvalue weighted by atomic mass is 16.4. The number of oxazole rings is 1. The minimum atomic E-state index is 0.574. The fourth-order valence-electron chi connectivity index (χ4n) is 7.04. The predicted molar refractivity (Wildman–Crippen MR) is 179 cm³/mol. The number of benzene rings is 6. The third-order valence-electron chi connectivity index (χ3n) is 8.91. The van der Waals surface area contributed by atoms with E-state index in [1.54, 1.807) is 0 Å². The summed E-state index contributed by atoms with van der Waals surface area (Å²) in [6.45, 7) is 0. The van der Waals surface area contributed by atoms with Crippen LogP contribution in [0.5, 0.6) is 0 Å². The van der Waals surface area contributed by atoms with E-state index in [1.165, 1.54) is 32.6 Å². The third kappa shape index (κ3) is 3.10. The molecule has 44 heavy (non-hydrogen) atoms. The number of aromatic nitrogens is 4. The van der Waals surface area contributed by atoms with Gasteiger partial charge in [0.25, 0.3) is 0 Å². The Kier molecular flexibility index (Phi) is 4.66. The van der Waals surface area contributed by atoms with Crippen LogP contribution in [0.25, 0.3) is 83.3 Å². The molecule has 0 unspecified atom stereocenters. The van der Waals surface area contributed by atoms with Crippen molar-refractivity contribution in [2.45, 2.75) is 0 Å². The van der Waals surface area contributed by atoms with E-state index >= 15 is 0 Å². The van der Waals surface area contributed by atoms with Crippen LogP contribution in [0, 0.1) is 0 Å². The van der Waals surface area contributed by atoms with Gasteiger partial charge < -0.3 is 8.98 Å². The molecule has 5 nitrogen and oxygen atoms in total. The zero-order chi connectivity index (χ0) is 28.8. The van der Waals surface area contributed by atoms with Crippen molar-refractivity contribution in [3.8, 4) is 22.8 Å². The van der Waals surface area contributed by atoms with Crippen LogP contribution < -0.4 is 0 Å². The molecule has 0 amide bonds. The Labute approximate surface area is 251 Å². The number of hydrogen-bond donors (Lipinski definition) is 0. The standard InChI is InChI=1S/C39H24N4O/c1-5-15-31-27(11-1)28-12-2-6-16-32(28)41(31)26-23-21-25(22-24-26)37-38(40-39-43(37)35-19-9-10-20-36(35)44-39)42-33-17-7-3-13-29(33)30-14-4-8-18-34(30)42/h1-24H. The molecular formula is C39H24N4O. The van der Waals surface area contributed by atoms with Gasteiger partial charge in [-0.15, -0.1) is 0 Å². The van der Waals surface area contributed by atoms with E-state index in [0.29, 0.717) is 5.84 Å². The first-order chi connectivity index (χ1) is 21.8. The second-order valence-electron chi connectivity index (χ2n) is 11.3. The van der Waals surface area contributed by atoms with Crippen molar-refractivity contribution in [2.75, 3.05) is 0 Å². The van der Waals surface area contributed by atoms with Gasteiger partial charge in [0, 0.05) is 32.8 Å². The fourth-order valence-corrected chi connectivity index (χ4v) is 7.04. The largest absolute Gasteiger partial charge is 0.423 e. The highest BCUT2D eigenvalue weighted by Crippen LogP contribution is 2.39. The molecule has 0 aliphatic carbocycles. The highest BCUT2D eigenvalue weighted by molar-refractivity contribution is 6.10. The molecule has 10 aromatic rings. The molecule has 10 rings (SSSR count). The molecule has 0 saturated heterocycles. The molecule has 0 atom stereocenters. The first-order valence-electron chi connectivity index (χ1n) is 14.8. The lowest BCUT2D eigenvalue weighted by atomic mass is 10.1. The van der Waals surface area contributed by atoms with Gasteiger partial charge in [0.15, 0.2) is 11.4 Å². The summed E-state index contributed by atoms with van der Waals surface area (Å²) in [5.41, 5.74) is 9.58. The SMILES string of the molecule is c1ccc2c(c1)oc1nc(-n3c4ccccc4c4ccccc43)c(-c3ccc(-n4c5ccccc5c5ccccc54)cc3)n12. The average molecular weight is 565 g/mol. The molecule has 0 aliphatic heterocycles. The summed E-state index contributed by atoms with van der Waals surface area (Å²) in [5, 5.41) is 4.90. The Hall–Kier alpha value is -6.07. The quantitative estimate of drug-likeness (QED) is 0.214. The van der Waals surface area contributed by atoms with Gasteiger partial charge in [-0.25, -0.2) is 0 Å². The number of para-hydroxylation sites is 6. The van der Waals surface area contributed by atoms with Crippen molar-refractivity contribution < 1.29 is 4.42 Å². The number of nitrogens with zero attached hydrogens (tertiary/aromatic N) is 4. The molecule has 206 valence electrons. The monoisotopic (exact) mass is 564 g/mol. The molecular weight excluding hydrogens is 540 g/mol. The van der Waals surface area contributed by atoms with Crippen LogP contribution in [-0.2, 0) is 0 Å². The molecule has 4 heterocycles. The maximum absolute atomic E-state index is 6.33. The topological polar surface area (TPSA) is 40.3 Å². The summed E-state index contributed by atoms with van der Waals surface area (Å²) in [7, 11) is 0. The summed E-state index contributed by atoms with van der Waals surface area (Å²) in [5.74, 6) is 1.42. The third-order valence-corrected chi connectivity index (χ3v) is 8.91. The summed E-state index contributed by atoms with van der Waals surface area (Å²) in [4.78, 5) is 5.18. The van der Waals surface area contributed by atoms with Gasteiger partial charge in [-0.2, -0.15) is 4.98 Å². The summed E-state index contributed by atoms with van der Waals surface area (Å²) in [6.07, 6.45) is 0. The Morgan fingerprint density at radius 3 is 1.43 bits per heavy atom. The first kappa shape index (κ1) is 23.5. The smallest absolute Gasteiger partial charge is 0.309 e. The van der Waals surface area contributed by atoms with Gasteiger partial charge >= 0.3 is 5.84 Å². The minimum Gasteiger partial charge on any atom is -0.423 e. The summed E-state index contributed by atoms with van der Waals surface area (Å²) >= 11 is 0. The van der Waals surface area contributed by atoms with Crippen LogP contribution >= 0.6 is 0 Å². The molecule has 0 saturated carbocycles. The maximum atomic E-state index is 6.33. The second-order valence-corrected chi connectivity index (χ2v) is 11.3. The minimum absolute atomic E-state index is 0.574. The van der Waals surface area contributed by atoms with Gasteiger partial charge in [-0.1, -0.05) is 97.1 Å². The zero-order valence-electron chi connectivity index (χ0n) is 23.6. The number of fused-ring (bicyclic) bond motifs is 9. The van der Waals surface area contributed by atoms with Crippen molar-refractivity contribution in [2.24, 2.45) is 0 Å². The summed E-state index contributed by atoms with van der Waals surface area (Å²) in [6, 6.07) is 51.3.